The van der Waals surface area contributed by atoms with E-state index in [9.17, 15) is 15.0 Å². The molecule has 1 aromatic carbocycles. The molecule has 0 amide bonds. The van der Waals surface area contributed by atoms with Crippen molar-refractivity contribution in [3.63, 3.8) is 0 Å². The van der Waals surface area contributed by atoms with Gasteiger partial charge in [-0.1, -0.05) is 18.2 Å². The minimum absolute atomic E-state index is 0.174. The monoisotopic (exact) mass is 212 g/mol. The molecule has 5 heteroatoms. The van der Waals surface area contributed by atoms with E-state index < -0.39 is 24.8 Å². The van der Waals surface area contributed by atoms with Crippen LogP contribution >= 0.6 is 0 Å². The average molecular weight is 212 g/mol. The highest BCUT2D eigenvalue weighted by Gasteiger charge is 2.17. The lowest BCUT2D eigenvalue weighted by Gasteiger charge is -2.11. The van der Waals surface area contributed by atoms with Gasteiger partial charge in [0.25, 0.3) is 0 Å². The number of aliphatic hydroxyl groups is 3. The number of carbonyl (C=O) groups is 1. The first-order valence-electron chi connectivity index (χ1n) is 4.36. The fraction of sp³-hybridized carbons (Fsp3) is 0.300. The van der Waals surface area contributed by atoms with Crippen molar-refractivity contribution in [3.05, 3.63) is 35.4 Å². The lowest BCUT2D eigenvalue weighted by molar-refractivity contribution is -0.146. The molecule has 0 saturated heterocycles. The van der Waals surface area contributed by atoms with Crippen LogP contribution in [-0.2, 0) is 4.79 Å². The second-order valence-electron chi connectivity index (χ2n) is 3.11. The molecule has 0 aromatic heterocycles. The molecule has 0 saturated carbocycles. The van der Waals surface area contributed by atoms with Gasteiger partial charge in [-0.05, 0) is 17.2 Å². The van der Waals surface area contributed by atoms with E-state index in [0.29, 0.717) is 5.56 Å². The maximum atomic E-state index is 10.5. The molecule has 0 fully saturated rings. The fourth-order valence-electron chi connectivity index (χ4n) is 1.18. The molecule has 1 aromatic rings. The van der Waals surface area contributed by atoms with E-state index in [1.165, 1.54) is 18.2 Å². The molecule has 0 aliphatic rings. The Morgan fingerprint density at radius 1 is 1.27 bits per heavy atom. The third kappa shape index (κ3) is 2.76. The Kier molecular flexibility index (Phi) is 3.79. The van der Waals surface area contributed by atoms with Crippen molar-refractivity contribution < 1.29 is 25.2 Å². The Hall–Kier alpha value is -1.43. The third-order valence-electron chi connectivity index (χ3n) is 2.02. The molecule has 2 atom stereocenters. The zero-order chi connectivity index (χ0) is 11.4. The zero-order valence-electron chi connectivity index (χ0n) is 7.87. The number of rotatable bonds is 4. The first-order valence-corrected chi connectivity index (χ1v) is 4.36. The summed E-state index contributed by atoms with van der Waals surface area (Å²) < 4.78 is 0. The van der Waals surface area contributed by atoms with E-state index >= 15 is 0 Å². The summed E-state index contributed by atoms with van der Waals surface area (Å²) in [6, 6.07) is 5.83. The van der Waals surface area contributed by atoms with Gasteiger partial charge in [0.15, 0.2) is 6.10 Å². The third-order valence-corrected chi connectivity index (χ3v) is 2.02. The molecule has 0 spiro atoms. The van der Waals surface area contributed by atoms with Crippen molar-refractivity contribution >= 4 is 5.97 Å². The maximum absolute atomic E-state index is 10.5. The van der Waals surface area contributed by atoms with Crippen LogP contribution in [0.2, 0.25) is 0 Å². The molecule has 2 unspecified atom stereocenters. The van der Waals surface area contributed by atoms with Crippen LogP contribution in [0.25, 0.3) is 0 Å². The van der Waals surface area contributed by atoms with Crippen LogP contribution in [0.3, 0.4) is 0 Å². The van der Waals surface area contributed by atoms with Crippen molar-refractivity contribution in [1.29, 1.82) is 0 Å². The highest BCUT2D eigenvalue weighted by atomic mass is 16.4. The van der Waals surface area contributed by atoms with Crippen molar-refractivity contribution in [2.45, 2.75) is 12.2 Å². The van der Waals surface area contributed by atoms with Crippen LogP contribution < -0.4 is 0 Å². The van der Waals surface area contributed by atoms with E-state index in [1.807, 2.05) is 0 Å². The number of carboxylic acid groups (broad SMARTS) is 1. The summed E-state index contributed by atoms with van der Waals surface area (Å²) in [4.78, 5) is 10.5. The largest absolute Gasteiger partial charge is 0.479 e. The van der Waals surface area contributed by atoms with Gasteiger partial charge in [-0.25, -0.2) is 4.79 Å². The van der Waals surface area contributed by atoms with Gasteiger partial charge in [0, 0.05) is 0 Å². The lowest BCUT2D eigenvalue weighted by Crippen LogP contribution is -2.11. The molecular weight excluding hydrogens is 200 g/mol. The molecule has 0 bridgehead atoms. The summed E-state index contributed by atoms with van der Waals surface area (Å²) in [7, 11) is 0. The molecular formula is C10H12O5. The summed E-state index contributed by atoms with van der Waals surface area (Å²) in [5.74, 6) is -1.36. The fourth-order valence-corrected chi connectivity index (χ4v) is 1.18. The van der Waals surface area contributed by atoms with Gasteiger partial charge in [-0.15, -0.1) is 0 Å². The van der Waals surface area contributed by atoms with Crippen molar-refractivity contribution in [3.8, 4) is 0 Å². The minimum Gasteiger partial charge on any atom is -0.479 e. The van der Waals surface area contributed by atoms with E-state index in [0.717, 1.165) is 0 Å². The Morgan fingerprint density at radius 2 is 1.87 bits per heavy atom. The predicted molar refractivity (Wildman–Crippen MR) is 51.1 cm³/mol. The van der Waals surface area contributed by atoms with Gasteiger partial charge >= 0.3 is 5.97 Å². The summed E-state index contributed by atoms with van der Waals surface area (Å²) in [5, 5.41) is 35.8. The zero-order valence-corrected chi connectivity index (χ0v) is 7.87. The maximum Gasteiger partial charge on any atom is 0.337 e. The molecule has 0 radical (unpaired) electrons. The van der Waals surface area contributed by atoms with Crippen LogP contribution in [0, 0.1) is 0 Å². The van der Waals surface area contributed by atoms with Gasteiger partial charge in [-0.2, -0.15) is 0 Å². The van der Waals surface area contributed by atoms with Gasteiger partial charge in [0.05, 0.1) is 6.61 Å². The first kappa shape index (κ1) is 11.6. The molecule has 0 aliphatic heterocycles. The van der Waals surface area contributed by atoms with Crippen LogP contribution in [0.1, 0.15) is 23.3 Å². The Labute approximate surface area is 86.2 Å². The lowest BCUT2D eigenvalue weighted by atomic mass is 10.0. The Bertz CT molecular complexity index is 349. The van der Waals surface area contributed by atoms with Crippen LogP contribution in [0.5, 0.6) is 0 Å². The summed E-state index contributed by atoms with van der Waals surface area (Å²) in [6.07, 6.45) is -2.68. The van der Waals surface area contributed by atoms with Crippen LogP contribution in [0.15, 0.2) is 24.3 Å². The van der Waals surface area contributed by atoms with Gasteiger partial charge in [-0.3, -0.25) is 0 Å². The Morgan fingerprint density at radius 3 is 2.40 bits per heavy atom. The van der Waals surface area contributed by atoms with E-state index in [-0.39, 0.29) is 5.56 Å². The van der Waals surface area contributed by atoms with E-state index in [4.69, 9.17) is 10.2 Å². The average Bonchev–Trinajstić information content (AvgIpc) is 2.27. The SMILES string of the molecule is O=C(O)C(O)c1cccc(C(O)CO)c1. The molecule has 1 rings (SSSR count). The Balaban J connectivity index is 2.97. The number of benzene rings is 1. The molecule has 15 heavy (non-hydrogen) atoms. The number of carboxylic acids is 1. The summed E-state index contributed by atoms with van der Waals surface area (Å²) in [6.45, 7) is -0.452. The standard InChI is InChI=1S/C10H12O5/c11-5-8(12)6-2-1-3-7(4-6)9(13)10(14)15/h1-4,8-9,11-13H,5H2,(H,14,15). The number of hydrogen-bond acceptors (Lipinski definition) is 4. The van der Waals surface area contributed by atoms with Crippen molar-refractivity contribution in [2.24, 2.45) is 0 Å². The second kappa shape index (κ2) is 4.88. The first-order chi connectivity index (χ1) is 7.06. The number of aliphatic carboxylic acids is 1. The van der Waals surface area contributed by atoms with Gasteiger partial charge in [0.1, 0.15) is 6.10 Å². The van der Waals surface area contributed by atoms with Gasteiger partial charge in [0.2, 0.25) is 0 Å². The second-order valence-corrected chi connectivity index (χ2v) is 3.11. The topological polar surface area (TPSA) is 98.0 Å². The van der Waals surface area contributed by atoms with Crippen LogP contribution in [-0.4, -0.2) is 33.0 Å². The van der Waals surface area contributed by atoms with Crippen molar-refractivity contribution in [1.82, 2.24) is 0 Å². The molecule has 4 N–H and O–H groups in total. The number of hydrogen-bond donors (Lipinski definition) is 4. The summed E-state index contributed by atoms with van der Waals surface area (Å²) >= 11 is 0. The molecule has 0 aliphatic carbocycles. The highest BCUT2D eigenvalue weighted by molar-refractivity contribution is 5.74. The molecule has 5 nitrogen and oxygen atoms in total. The van der Waals surface area contributed by atoms with E-state index in [2.05, 4.69) is 0 Å². The minimum atomic E-state index is -1.61. The highest BCUT2D eigenvalue weighted by Crippen LogP contribution is 2.19. The van der Waals surface area contributed by atoms with Crippen molar-refractivity contribution in [2.75, 3.05) is 6.61 Å². The van der Waals surface area contributed by atoms with Crippen LogP contribution in [0.4, 0.5) is 0 Å². The quantitative estimate of drug-likeness (QED) is 0.555. The smallest absolute Gasteiger partial charge is 0.337 e. The normalized spacial score (nSPS) is 14.6. The molecule has 82 valence electrons. The molecule has 0 heterocycles. The van der Waals surface area contributed by atoms with Gasteiger partial charge < -0.3 is 20.4 Å². The van der Waals surface area contributed by atoms with E-state index in [1.54, 1.807) is 6.07 Å². The number of aliphatic hydroxyl groups excluding tert-OH is 3. The predicted octanol–water partition coefficient (Wildman–Crippen LogP) is -0.170. The summed E-state index contributed by atoms with van der Waals surface area (Å²) in [5.41, 5.74) is 0.544.